The molecule has 0 aliphatic rings. The third-order valence-electron chi connectivity index (χ3n) is 3.36. The van der Waals surface area contributed by atoms with E-state index in [9.17, 15) is 13.2 Å². The molecule has 1 aromatic heterocycles. The van der Waals surface area contributed by atoms with E-state index in [4.69, 9.17) is 0 Å². The summed E-state index contributed by atoms with van der Waals surface area (Å²) in [4.78, 5) is 16.0. The van der Waals surface area contributed by atoms with Crippen molar-refractivity contribution in [2.24, 2.45) is 5.10 Å². The lowest BCUT2D eigenvalue weighted by atomic mass is 10.1. The maximum absolute atomic E-state index is 12.0. The van der Waals surface area contributed by atoms with Crippen LogP contribution in [0.15, 0.2) is 59.8 Å². The molecule has 0 saturated heterocycles. The number of carbonyl (C=O) groups is 1. The fourth-order valence-electron chi connectivity index (χ4n) is 2.08. The van der Waals surface area contributed by atoms with Crippen LogP contribution in [0.5, 0.6) is 0 Å². The summed E-state index contributed by atoms with van der Waals surface area (Å²) in [7, 11) is -3.50. The van der Waals surface area contributed by atoms with Gasteiger partial charge in [0.05, 0.1) is 24.7 Å². The second-order valence-electron chi connectivity index (χ2n) is 5.38. The lowest BCUT2D eigenvalue weighted by Crippen LogP contribution is -2.40. The summed E-state index contributed by atoms with van der Waals surface area (Å²) in [5, 5.41) is 3.79. The maximum atomic E-state index is 12.0. The van der Waals surface area contributed by atoms with Crippen LogP contribution in [-0.4, -0.2) is 49.2 Å². The van der Waals surface area contributed by atoms with Gasteiger partial charge in [0.25, 0.3) is 5.91 Å². The Bertz CT molecular complexity index is 808. The van der Waals surface area contributed by atoms with E-state index < -0.39 is 15.9 Å². The van der Waals surface area contributed by atoms with Crippen molar-refractivity contribution in [3.63, 3.8) is 0 Å². The molecular formula is C17H20N4O3S. The van der Waals surface area contributed by atoms with Crippen molar-refractivity contribution in [2.45, 2.75) is 6.42 Å². The van der Waals surface area contributed by atoms with Gasteiger partial charge in [-0.25, -0.2) is 13.8 Å². The molecule has 1 N–H and O–H groups in total. The van der Waals surface area contributed by atoms with Crippen LogP contribution in [0.3, 0.4) is 0 Å². The zero-order valence-corrected chi connectivity index (χ0v) is 14.7. The number of pyridine rings is 1. The highest BCUT2D eigenvalue weighted by Gasteiger charge is 2.19. The van der Waals surface area contributed by atoms with Gasteiger partial charge >= 0.3 is 0 Å². The van der Waals surface area contributed by atoms with E-state index in [0.29, 0.717) is 12.1 Å². The van der Waals surface area contributed by atoms with Gasteiger partial charge in [0.2, 0.25) is 10.0 Å². The minimum atomic E-state index is -3.50. The molecule has 0 aliphatic carbocycles. The first-order valence-electron chi connectivity index (χ1n) is 7.67. The molecule has 0 aliphatic heterocycles. The van der Waals surface area contributed by atoms with Gasteiger partial charge in [-0.15, -0.1) is 0 Å². The lowest BCUT2D eigenvalue weighted by molar-refractivity contribution is -0.121. The van der Waals surface area contributed by atoms with E-state index in [0.717, 1.165) is 16.1 Å². The number of benzene rings is 1. The molecule has 132 valence electrons. The number of rotatable bonds is 8. The third-order valence-corrected chi connectivity index (χ3v) is 4.61. The molecule has 7 nitrogen and oxygen atoms in total. The van der Waals surface area contributed by atoms with Crippen LogP contribution in [0.4, 0.5) is 0 Å². The van der Waals surface area contributed by atoms with Crippen LogP contribution < -0.4 is 5.43 Å². The van der Waals surface area contributed by atoms with E-state index in [1.165, 1.54) is 6.21 Å². The predicted octanol–water partition coefficient (Wildman–Crippen LogP) is 1.04. The van der Waals surface area contributed by atoms with Gasteiger partial charge < -0.3 is 0 Å². The Balaban J connectivity index is 1.90. The van der Waals surface area contributed by atoms with Crippen LogP contribution in [0.25, 0.3) is 0 Å². The first kappa shape index (κ1) is 18.8. The summed E-state index contributed by atoms with van der Waals surface area (Å²) in [5.74, 6) is -0.509. The van der Waals surface area contributed by atoms with Crippen LogP contribution in [-0.2, 0) is 21.2 Å². The Labute approximate surface area is 147 Å². The molecule has 0 fully saturated rings. The molecule has 0 unspecified atom stereocenters. The zero-order chi connectivity index (χ0) is 18.1. The van der Waals surface area contributed by atoms with Crippen molar-refractivity contribution in [3.05, 3.63) is 66.0 Å². The number of nitrogens with zero attached hydrogens (tertiary/aromatic N) is 3. The second kappa shape index (κ2) is 9.05. The second-order valence-corrected chi connectivity index (χ2v) is 7.36. The number of hydrazone groups is 1. The molecule has 0 saturated carbocycles. The molecule has 0 atom stereocenters. The highest BCUT2D eigenvalue weighted by Crippen LogP contribution is 2.04. The molecular weight excluding hydrogens is 340 g/mol. The molecule has 2 aromatic rings. The van der Waals surface area contributed by atoms with Crippen LogP contribution in [0.1, 0.15) is 11.3 Å². The molecule has 25 heavy (non-hydrogen) atoms. The molecule has 0 spiro atoms. The fourth-order valence-corrected chi connectivity index (χ4v) is 2.85. The average molecular weight is 360 g/mol. The number of aromatic nitrogens is 1. The standard InChI is InChI=1S/C17H20N4O3S/c1-25(23,24)21(12-10-15-7-3-2-4-8-15)14-17(22)20-19-13-16-9-5-6-11-18-16/h2-9,11,13H,10,12,14H2,1H3,(H,20,22)/b19-13+. The van der Waals surface area contributed by atoms with Gasteiger partial charge in [-0.1, -0.05) is 36.4 Å². The first-order valence-corrected chi connectivity index (χ1v) is 9.52. The van der Waals surface area contributed by atoms with Crippen molar-refractivity contribution in [1.29, 1.82) is 0 Å². The van der Waals surface area contributed by atoms with Gasteiger partial charge in [-0.3, -0.25) is 9.78 Å². The Morgan fingerprint density at radius 1 is 1.20 bits per heavy atom. The van der Waals surface area contributed by atoms with Crippen molar-refractivity contribution >= 4 is 22.1 Å². The Kier molecular flexibility index (Phi) is 6.79. The van der Waals surface area contributed by atoms with Crippen molar-refractivity contribution in [3.8, 4) is 0 Å². The molecule has 8 heteroatoms. The smallest absolute Gasteiger partial charge is 0.255 e. The Hall–Kier alpha value is -2.58. The summed E-state index contributed by atoms with van der Waals surface area (Å²) in [6, 6.07) is 14.8. The summed E-state index contributed by atoms with van der Waals surface area (Å²) in [5.41, 5.74) is 3.91. The molecule has 2 rings (SSSR count). The molecule has 0 bridgehead atoms. The quantitative estimate of drug-likeness (QED) is 0.562. The molecule has 1 aromatic carbocycles. The van der Waals surface area contributed by atoms with E-state index in [-0.39, 0.29) is 13.1 Å². The number of nitrogens with one attached hydrogen (secondary N) is 1. The monoisotopic (exact) mass is 360 g/mol. The van der Waals surface area contributed by atoms with E-state index >= 15 is 0 Å². The predicted molar refractivity (Wildman–Crippen MR) is 96.5 cm³/mol. The van der Waals surface area contributed by atoms with Crippen molar-refractivity contribution in [1.82, 2.24) is 14.7 Å². The lowest BCUT2D eigenvalue weighted by Gasteiger charge is -2.18. The number of hydrogen-bond donors (Lipinski definition) is 1. The molecule has 1 amide bonds. The van der Waals surface area contributed by atoms with Crippen LogP contribution in [0, 0.1) is 0 Å². The minimum Gasteiger partial charge on any atom is -0.272 e. The normalized spacial score (nSPS) is 11.8. The fraction of sp³-hybridized carbons (Fsp3) is 0.235. The number of amides is 1. The van der Waals surface area contributed by atoms with Gasteiger partial charge in [-0.05, 0) is 24.1 Å². The Morgan fingerprint density at radius 2 is 1.92 bits per heavy atom. The first-order chi connectivity index (χ1) is 11.9. The van der Waals surface area contributed by atoms with E-state index in [1.54, 1.807) is 24.4 Å². The average Bonchev–Trinajstić information content (AvgIpc) is 2.59. The topological polar surface area (TPSA) is 91.7 Å². The van der Waals surface area contributed by atoms with Crippen molar-refractivity contribution in [2.75, 3.05) is 19.3 Å². The van der Waals surface area contributed by atoms with Crippen LogP contribution >= 0.6 is 0 Å². The number of carbonyl (C=O) groups excluding carboxylic acids is 1. The number of hydrogen-bond acceptors (Lipinski definition) is 5. The highest BCUT2D eigenvalue weighted by atomic mass is 32.2. The summed E-state index contributed by atoms with van der Waals surface area (Å²) >= 11 is 0. The van der Waals surface area contributed by atoms with Gasteiger partial charge in [0, 0.05) is 12.7 Å². The summed E-state index contributed by atoms with van der Waals surface area (Å²) < 4.78 is 24.9. The maximum Gasteiger partial charge on any atom is 0.255 e. The van der Waals surface area contributed by atoms with Gasteiger partial charge in [0.1, 0.15) is 0 Å². The van der Waals surface area contributed by atoms with Crippen molar-refractivity contribution < 1.29 is 13.2 Å². The SMILES string of the molecule is CS(=O)(=O)N(CCc1ccccc1)CC(=O)N/N=C/c1ccccn1. The van der Waals surface area contributed by atoms with Crippen LogP contribution in [0.2, 0.25) is 0 Å². The minimum absolute atomic E-state index is 0.222. The Morgan fingerprint density at radius 3 is 2.56 bits per heavy atom. The molecule has 0 radical (unpaired) electrons. The largest absolute Gasteiger partial charge is 0.272 e. The third kappa shape index (κ3) is 6.82. The number of sulfonamides is 1. The van der Waals surface area contributed by atoms with E-state index in [1.807, 2.05) is 30.3 Å². The zero-order valence-electron chi connectivity index (χ0n) is 13.9. The highest BCUT2D eigenvalue weighted by molar-refractivity contribution is 7.88. The molecule has 1 heterocycles. The van der Waals surface area contributed by atoms with Gasteiger partial charge in [-0.2, -0.15) is 9.41 Å². The summed E-state index contributed by atoms with van der Waals surface area (Å²) in [6.45, 7) is -0.0640. The van der Waals surface area contributed by atoms with E-state index in [2.05, 4.69) is 15.5 Å². The summed E-state index contributed by atoms with van der Waals surface area (Å²) in [6.07, 6.45) is 4.62. The van der Waals surface area contributed by atoms with Gasteiger partial charge in [0.15, 0.2) is 0 Å².